The van der Waals surface area contributed by atoms with Crippen molar-refractivity contribution < 1.29 is 14.3 Å². The number of anilines is 1. The maximum atomic E-state index is 12.6. The Morgan fingerprint density at radius 2 is 1.93 bits per heavy atom. The Hall–Kier alpha value is -2.14. The highest BCUT2D eigenvalue weighted by Gasteiger charge is 2.23. The lowest BCUT2D eigenvalue weighted by atomic mass is 9.97. The number of amides is 1. The molecule has 0 unspecified atom stereocenters. The summed E-state index contributed by atoms with van der Waals surface area (Å²) < 4.78 is 5.43. The Balaban J connectivity index is 1.64. The molecular weight excluding hydrogens is 358 g/mol. The second kappa shape index (κ2) is 8.70. The number of carbonyl (C=O) groups is 2. The minimum Gasteiger partial charge on any atom is -0.448 e. The third-order valence-electron chi connectivity index (χ3n) is 5.21. The Morgan fingerprint density at radius 1 is 1.19 bits per heavy atom. The summed E-state index contributed by atoms with van der Waals surface area (Å²) in [5, 5.41) is 2.92. The lowest BCUT2D eigenvalue weighted by Gasteiger charge is -2.18. The van der Waals surface area contributed by atoms with Gasteiger partial charge in [-0.1, -0.05) is 32.0 Å². The minimum absolute atomic E-state index is 0.305. The SMILES string of the molecule is CC[C@@H](C)c1ccccc1NC(=O)[C@H](C)OC(=O)c1cc2c(s1)CCCC2. The predicted octanol–water partition coefficient (Wildman–Crippen LogP) is 5.32. The van der Waals surface area contributed by atoms with Gasteiger partial charge in [0.2, 0.25) is 0 Å². The van der Waals surface area contributed by atoms with Gasteiger partial charge in [-0.25, -0.2) is 4.79 Å². The van der Waals surface area contributed by atoms with Crippen molar-refractivity contribution in [1.82, 2.24) is 0 Å². The molecule has 1 amide bonds. The first-order valence-electron chi connectivity index (χ1n) is 9.72. The lowest BCUT2D eigenvalue weighted by molar-refractivity contribution is -0.123. The van der Waals surface area contributed by atoms with Crippen LogP contribution in [0.2, 0.25) is 0 Å². The average molecular weight is 386 g/mol. The number of nitrogens with one attached hydrogen (secondary N) is 1. The zero-order valence-electron chi connectivity index (χ0n) is 16.2. The van der Waals surface area contributed by atoms with E-state index in [1.54, 1.807) is 6.92 Å². The molecule has 0 saturated heterocycles. The molecule has 1 N–H and O–H groups in total. The maximum absolute atomic E-state index is 12.6. The zero-order valence-corrected chi connectivity index (χ0v) is 17.0. The second-order valence-electron chi connectivity index (χ2n) is 7.20. The van der Waals surface area contributed by atoms with E-state index < -0.39 is 12.1 Å². The van der Waals surface area contributed by atoms with E-state index in [-0.39, 0.29) is 5.91 Å². The Labute approximate surface area is 164 Å². The highest BCUT2D eigenvalue weighted by molar-refractivity contribution is 7.14. The molecule has 5 heteroatoms. The Kier molecular flexibility index (Phi) is 6.32. The van der Waals surface area contributed by atoms with Gasteiger partial charge in [0.25, 0.3) is 5.91 Å². The van der Waals surface area contributed by atoms with Crippen molar-refractivity contribution in [2.45, 2.75) is 64.9 Å². The van der Waals surface area contributed by atoms with Gasteiger partial charge in [-0.2, -0.15) is 0 Å². The number of thiophene rings is 1. The zero-order chi connectivity index (χ0) is 19.4. The molecule has 1 aliphatic rings. The molecular formula is C22H27NO3S. The monoisotopic (exact) mass is 385 g/mol. The van der Waals surface area contributed by atoms with E-state index in [0.29, 0.717) is 10.8 Å². The molecule has 0 spiro atoms. The minimum atomic E-state index is -0.846. The molecule has 1 aromatic heterocycles. The number of aryl methyl sites for hydroxylation is 2. The molecule has 0 fully saturated rings. The van der Waals surface area contributed by atoms with Crippen LogP contribution in [0.15, 0.2) is 30.3 Å². The van der Waals surface area contributed by atoms with Crippen LogP contribution in [0.3, 0.4) is 0 Å². The molecule has 2 atom stereocenters. The number of esters is 1. The van der Waals surface area contributed by atoms with Crippen molar-refractivity contribution in [3.8, 4) is 0 Å². The fourth-order valence-electron chi connectivity index (χ4n) is 3.36. The normalized spacial score (nSPS) is 15.5. The van der Waals surface area contributed by atoms with E-state index in [9.17, 15) is 9.59 Å². The van der Waals surface area contributed by atoms with Gasteiger partial charge in [-0.15, -0.1) is 11.3 Å². The van der Waals surface area contributed by atoms with E-state index in [1.165, 1.54) is 34.6 Å². The molecule has 0 bridgehead atoms. The lowest BCUT2D eigenvalue weighted by Crippen LogP contribution is -2.30. The van der Waals surface area contributed by atoms with Gasteiger partial charge in [0, 0.05) is 10.6 Å². The van der Waals surface area contributed by atoms with Crippen LogP contribution in [0, 0.1) is 0 Å². The molecule has 4 nitrogen and oxygen atoms in total. The number of carbonyl (C=O) groups excluding carboxylic acids is 2. The van der Waals surface area contributed by atoms with E-state index in [2.05, 4.69) is 19.2 Å². The topological polar surface area (TPSA) is 55.4 Å². The summed E-state index contributed by atoms with van der Waals surface area (Å²) >= 11 is 1.50. The second-order valence-corrected chi connectivity index (χ2v) is 8.34. The Morgan fingerprint density at radius 3 is 2.67 bits per heavy atom. The average Bonchev–Trinajstić information content (AvgIpc) is 3.12. The van der Waals surface area contributed by atoms with Crippen LogP contribution in [0.25, 0.3) is 0 Å². The van der Waals surface area contributed by atoms with Crippen LogP contribution in [0.4, 0.5) is 5.69 Å². The van der Waals surface area contributed by atoms with Crippen molar-refractivity contribution in [3.63, 3.8) is 0 Å². The first kappa shape index (κ1) is 19.6. The van der Waals surface area contributed by atoms with E-state index in [1.807, 2.05) is 30.3 Å². The molecule has 0 radical (unpaired) electrons. The fourth-order valence-corrected chi connectivity index (χ4v) is 4.49. The van der Waals surface area contributed by atoms with Crippen LogP contribution >= 0.6 is 11.3 Å². The van der Waals surface area contributed by atoms with E-state index >= 15 is 0 Å². The number of hydrogen-bond donors (Lipinski definition) is 1. The summed E-state index contributed by atoms with van der Waals surface area (Å²) in [7, 11) is 0. The molecule has 27 heavy (non-hydrogen) atoms. The van der Waals surface area contributed by atoms with Crippen molar-refractivity contribution in [1.29, 1.82) is 0 Å². The van der Waals surface area contributed by atoms with E-state index in [4.69, 9.17) is 4.74 Å². The third kappa shape index (κ3) is 4.59. The van der Waals surface area contributed by atoms with Gasteiger partial charge in [-0.05, 0) is 68.2 Å². The molecule has 2 aromatic rings. The van der Waals surface area contributed by atoms with Crippen LogP contribution < -0.4 is 5.32 Å². The maximum Gasteiger partial charge on any atom is 0.349 e. The molecule has 1 aliphatic carbocycles. The Bertz CT molecular complexity index is 803. The summed E-state index contributed by atoms with van der Waals surface area (Å²) in [5.74, 6) is -0.371. The van der Waals surface area contributed by atoms with Crippen molar-refractivity contribution >= 4 is 28.9 Å². The van der Waals surface area contributed by atoms with Gasteiger partial charge in [0.15, 0.2) is 6.10 Å². The summed E-state index contributed by atoms with van der Waals surface area (Å²) in [6, 6.07) is 9.72. The van der Waals surface area contributed by atoms with Crippen molar-refractivity contribution in [2.24, 2.45) is 0 Å². The van der Waals surface area contributed by atoms with Gasteiger partial charge >= 0.3 is 5.97 Å². The largest absolute Gasteiger partial charge is 0.448 e. The first-order chi connectivity index (χ1) is 13.0. The molecule has 0 saturated carbocycles. The molecule has 1 aromatic carbocycles. The highest BCUT2D eigenvalue weighted by atomic mass is 32.1. The summed E-state index contributed by atoms with van der Waals surface area (Å²) in [5.41, 5.74) is 3.14. The molecule has 3 rings (SSSR count). The van der Waals surface area contributed by atoms with E-state index in [0.717, 1.165) is 30.5 Å². The predicted molar refractivity (Wildman–Crippen MR) is 110 cm³/mol. The highest BCUT2D eigenvalue weighted by Crippen LogP contribution is 2.30. The number of rotatable bonds is 6. The smallest absolute Gasteiger partial charge is 0.349 e. The standard InChI is InChI=1S/C22H27NO3S/c1-4-14(2)17-10-6-7-11-18(17)23-21(24)15(3)26-22(25)20-13-16-9-5-8-12-19(16)27-20/h6-7,10-11,13-15H,4-5,8-9,12H2,1-3H3,(H,23,24)/t14-,15+/m1/s1. The summed E-state index contributed by atoms with van der Waals surface area (Å²) in [6.07, 6.45) is 4.56. The van der Waals surface area contributed by atoms with Gasteiger partial charge in [0.05, 0.1) is 0 Å². The van der Waals surface area contributed by atoms with Crippen molar-refractivity contribution in [2.75, 3.05) is 5.32 Å². The molecule has 0 aliphatic heterocycles. The summed E-state index contributed by atoms with van der Waals surface area (Å²) in [6.45, 7) is 5.87. The number of benzene rings is 1. The number of para-hydroxylation sites is 1. The van der Waals surface area contributed by atoms with Gasteiger partial charge in [-0.3, -0.25) is 4.79 Å². The third-order valence-corrected chi connectivity index (χ3v) is 6.43. The van der Waals surface area contributed by atoms with Crippen molar-refractivity contribution in [3.05, 3.63) is 51.2 Å². The first-order valence-corrected chi connectivity index (χ1v) is 10.5. The van der Waals surface area contributed by atoms with Crippen LogP contribution in [0.1, 0.15) is 71.6 Å². The number of ether oxygens (including phenoxy) is 1. The molecule has 1 heterocycles. The van der Waals surface area contributed by atoms with Crippen LogP contribution in [0.5, 0.6) is 0 Å². The van der Waals surface area contributed by atoms with Crippen LogP contribution in [-0.4, -0.2) is 18.0 Å². The van der Waals surface area contributed by atoms with Gasteiger partial charge < -0.3 is 10.1 Å². The van der Waals surface area contributed by atoms with Crippen LogP contribution in [-0.2, 0) is 22.4 Å². The summed E-state index contributed by atoms with van der Waals surface area (Å²) in [4.78, 5) is 26.9. The number of hydrogen-bond acceptors (Lipinski definition) is 4. The fraction of sp³-hybridized carbons (Fsp3) is 0.455. The number of fused-ring (bicyclic) bond motifs is 1. The quantitative estimate of drug-likeness (QED) is 0.684. The molecule has 144 valence electrons. The van der Waals surface area contributed by atoms with Gasteiger partial charge in [0.1, 0.15) is 4.88 Å².